The van der Waals surface area contributed by atoms with E-state index in [2.05, 4.69) is 0 Å². The Kier molecular flexibility index (Phi) is 6.63. The third-order valence-corrected chi connectivity index (χ3v) is 4.38. The van der Waals surface area contributed by atoms with Crippen molar-refractivity contribution in [3.63, 3.8) is 0 Å². The Morgan fingerprint density at radius 3 is 2.43 bits per heavy atom. The number of thioether (sulfide) groups is 1. The van der Waals surface area contributed by atoms with E-state index >= 15 is 0 Å². The van der Waals surface area contributed by atoms with Crippen molar-refractivity contribution in [2.75, 3.05) is 26.5 Å². The van der Waals surface area contributed by atoms with E-state index < -0.39 is 17.8 Å². The molecule has 1 aliphatic rings. The van der Waals surface area contributed by atoms with Crippen molar-refractivity contribution in [3.05, 3.63) is 0 Å². The molecule has 1 atom stereocenters. The number of carboxylic acid groups (broad SMARTS) is 1. The number of methoxy groups -OCH3 is 2. The van der Waals surface area contributed by atoms with Gasteiger partial charge in [-0.2, -0.15) is 0 Å². The van der Waals surface area contributed by atoms with E-state index in [0.717, 1.165) is 11.8 Å². The van der Waals surface area contributed by atoms with E-state index in [1.807, 2.05) is 0 Å². The second-order valence-electron chi connectivity index (χ2n) is 4.84. The molecule has 0 spiro atoms. The minimum absolute atomic E-state index is 0.00446. The number of carbonyl (C=O) groups excluding carboxylic acids is 2. The van der Waals surface area contributed by atoms with Crippen LogP contribution < -0.4 is 0 Å². The number of hydrogen-bond donors (Lipinski definition) is 1. The average Bonchev–Trinajstić information content (AvgIpc) is 2.84. The Balaban J connectivity index is 2.63. The molecule has 1 heterocycles. The van der Waals surface area contributed by atoms with Gasteiger partial charge in [-0.15, -0.1) is 0 Å². The number of ether oxygens (including phenoxy) is 2. The lowest BCUT2D eigenvalue weighted by Gasteiger charge is -2.25. The average molecular weight is 319 g/mol. The van der Waals surface area contributed by atoms with Crippen LogP contribution >= 0.6 is 11.8 Å². The summed E-state index contributed by atoms with van der Waals surface area (Å²) in [4.78, 5) is 35.6. The summed E-state index contributed by atoms with van der Waals surface area (Å²) in [7, 11) is 2.86. The van der Waals surface area contributed by atoms with Crippen LogP contribution in [0, 0.1) is 0 Å². The molecule has 120 valence electrons. The van der Waals surface area contributed by atoms with Gasteiger partial charge < -0.3 is 19.5 Å². The quantitative estimate of drug-likeness (QED) is 0.546. The summed E-state index contributed by atoms with van der Waals surface area (Å²) >= 11 is 1.16. The smallest absolute Gasteiger partial charge is 0.326 e. The Morgan fingerprint density at radius 1 is 1.33 bits per heavy atom. The second-order valence-corrected chi connectivity index (χ2v) is 6.11. The van der Waals surface area contributed by atoms with Crippen molar-refractivity contribution in [1.29, 1.82) is 0 Å². The minimum Gasteiger partial charge on any atom is -0.480 e. The lowest BCUT2D eigenvalue weighted by atomic mass is 10.1. The molecule has 1 fully saturated rings. The summed E-state index contributed by atoms with van der Waals surface area (Å²) < 4.78 is 10.5. The Morgan fingerprint density at radius 2 is 1.95 bits per heavy atom. The Bertz CT molecular complexity index is 409. The highest BCUT2D eigenvalue weighted by Crippen LogP contribution is 2.31. The van der Waals surface area contributed by atoms with E-state index in [-0.39, 0.29) is 30.4 Å². The molecule has 7 nitrogen and oxygen atoms in total. The van der Waals surface area contributed by atoms with Crippen molar-refractivity contribution in [3.8, 4) is 0 Å². The molecule has 21 heavy (non-hydrogen) atoms. The van der Waals surface area contributed by atoms with Crippen molar-refractivity contribution >= 4 is 28.8 Å². The zero-order valence-electron chi connectivity index (χ0n) is 12.5. The number of carbonyl (C=O) groups is 3. The van der Waals surface area contributed by atoms with Crippen LogP contribution in [0.1, 0.15) is 26.2 Å². The molecule has 0 unspecified atom stereocenters. The zero-order chi connectivity index (χ0) is 16.0. The molecule has 0 aromatic heterocycles. The van der Waals surface area contributed by atoms with Gasteiger partial charge in [0.2, 0.25) is 5.91 Å². The first-order valence-electron chi connectivity index (χ1n) is 6.61. The Labute approximate surface area is 128 Å². The van der Waals surface area contributed by atoms with Crippen LogP contribution in [0.2, 0.25) is 0 Å². The van der Waals surface area contributed by atoms with Crippen LogP contribution in [0.15, 0.2) is 0 Å². The first-order chi connectivity index (χ1) is 9.85. The molecular formula is C13H21NO6S. The lowest BCUT2D eigenvalue weighted by Crippen LogP contribution is -2.42. The fourth-order valence-corrected chi connectivity index (χ4v) is 2.86. The molecule has 1 rings (SSSR count). The molecule has 0 bridgehead atoms. The summed E-state index contributed by atoms with van der Waals surface area (Å²) in [5.74, 6) is -1.85. The molecule has 1 aliphatic heterocycles. The third kappa shape index (κ3) is 4.69. The van der Waals surface area contributed by atoms with E-state index in [1.165, 1.54) is 26.0 Å². The maximum absolute atomic E-state index is 12.2. The molecular weight excluding hydrogens is 298 g/mol. The summed E-state index contributed by atoms with van der Waals surface area (Å²) in [5, 5.41) is 9.25. The van der Waals surface area contributed by atoms with Crippen LogP contribution in [0.5, 0.6) is 0 Å². The molecule has 0 saturated carbocycles. The maximum atomic E-state index is 12.2. The van der Waals surface area contributed by atoms with Crippen molar-refractivity contribution in [2.45, 2.75) is 38.0 Å². The van der Waals surface area contributed by atoms with Crippen LogP contribution in [0.25, 0.3) is 0 Å². The van der Waals surface area contributed by atoms with Crippen LogP contribution in [0.3, 0.4) is 0 Å². The highest BCUT2D eigenvalue weighted by atomic mass is 32.2. The molecule has 0 aliphatic carbocycles. The summed E-state index contributed by atoms with van der Waals surface area (Å²) in [6.45, 7) is 1.56. The van der Waals surface area contributed by atoms with Gasteiger partial charge in [-0.3, -0.25) is 9.59 Å². The monoisotopic (exact) mass is 319 g/mol. The van der Waals surface area contributed by atoms with Gasteiger partial charge in [-0.1, -0.05) is 11.8 Å². The summed E-state index contributed by atoms with van der Waals surface area (Å²) in [6, 6.07) is -0.946. The highest BCUT2D eigenvalue weighted by Gasteiger charge is 2.49. The van der Waals surface area contributed by atoms with Gasteiger partial charge in [0.05, 0.1) is 6.54 Å². The standard InChI is InChI=1S/C13H21NO6S/c1-9(15)21-6-4-5-11(16)14-8-13(19-2,20-3)7-10(14)12(17)18/h10H,4-8H2,1-3H3,(H,17,18)/t10-/m0/s1. The number of likely N-dealkylation sites (tertiary alicyclic amines) is 1. The van der Waals surface area contributed by atoms with E-state index in [0.29, 0.717) is 12.2 Å². The van der Waals surface area contributed by atoms with E-state index in [1.54, 1.807) is 0 Å². The minimum atomic E-state index is -1.07. The first-order valence-corrected chi connectivity index (χ1v) is 7.59. The maximum Gasteiger partial charge on any atom is 0.326 e. The second kappa shape index (κ2) is 7.77. The van der Waals surface area contributed by atoms with Gasteiger partial charge in [-0.25, -0.2) is 4.79 Å². The number of carboxylic acids is 1. The van der Waals surface area contributed by atoms with Gasteiger partial charge in [0.25, 0.3) is 0 Å². The lowest BCUT2D eigenvalue weighted by molar-refractivity contribution is -0.197. The molecule has 0 aromatic rings. The van der Waals surface area contributed by atoms with E-state index in [9.17, 15) is 19.5 Å². The molecule has 8 heteroatoms. The SMILES string of the molecule is COC1(OC)C[C@@H](C(=O)O)N(C(=O)CCCSC(C)=O)C1. The van der Waals surface area contributed by atoms with Crippen molar-refractivity contribution in [2.24, 2.45) is 0 Å². The van der Waals surface area contributed by atoms with Gasteiger partial charge in [0.1, 0.15) is 6.04 Å². The molecule has 1 amide bonds. The van der Waals surface area contributed by atoms with Gasteiger partial charge in [0, 0.05) is 39.7 Å². The topological polar surface area (TPSA) is 93.1 Å². The van der Waals surface area contributed by atoms with Gasteiger partial charge in [0.15, 0.2) is 10.9 Å². The summed E-state index contributed by atoms with van der Waals surface area (Å²) in [5.41, 5.74) is 0. The van der Waals surface area contributed by atoms with E-state index in [4.69, 9.17) is 9.47 Å². The highest BCUT2D eigenvalue weighted by molar-refractivity contribution is 8.13. The predicted octanol–water partition coefficient (Wildman–Crippen LogP) is 0.721. The number of nitrogens with zero attached hydrogens (tertiary/aromatic N) is 1. The molecule has 0 radical (unpaired) electrons. The molecule has 0 aromatic carbocycles. The van der Waals surface area contributed by atoms with Gasteiger partial charge >= 0.3 is 5.97 Å². The largest absolute Gasteiger partial charge is 0.480 e. The van der Waals surface area contributed by atoms with Crippen LogP contribution in [0.4, 0.5) is 0 Å². The molecule has 1 saturated heterocycles. The fraction of sp³-hybridized carbons (Fsp3) is 0.769. The van der Waals surface area contributed by atoms with Crippen LogP contribution in [-0.2, 0) is 23.9 Å². The van der Waals surface area contributed by atoms with Gasteiger partial charge in [-0.05, 0) is 6.42 Å². The number of rotatable bonds is 7. The number of hydrogen-bond acceptors (Lipinski definition) is 6. The number of aliphatic carboxylic acids is 1. The zero-order valence-corrected chi connectivity index (χ0v) is 13.3. The van der Waals surface area contributed by atoms with Crippen LogP contribution in [-0.4, -0.2) is 65.3 Å². The predicted molar refractivity (Wildman–Crippen MR) is 76.9 cm³/mol. The fourth-order valence-electron chi connectivity index (χ4n) is 2.28. The van der Waals surface area contributed by atoms with Crippen molar-refractivity contribution in [1.82, 2.24) is 4.90 Å². The number of amides is 1. The third-order valence-electron chi connectivity index (χ3n) is 3.48. The Hall–Kier alpha value is -1.12. The normalized spacial score (nSPS) is 20.5. The van der Waals surface area contributed by atoms with Crippen molar-refractivity contribution < 1.29 is 29.0 Å². The summed E-state index contributed by atoms with van der Waals surface area (Å²) in [6.07, 6.45) is 0.829. The molecule has 1 N–H and O–H groups in total. The first kappa shape index (κ1) is 17.9.